The highest BCUT2D eigenvalue weighted by atomic mass is 32.1. The van der Waals surface area contributed by atoms with E-state index in [1.807, 2.05) is 30.3 Å². The third-order valence-electron chi connectivity index (χ3n) is 4.45. The third-order valence-corrected chi connectivity index (χ3v) is 7.76. The molecular formula is C22H25FNO4PS. The summed E-state index contributed by atoms with van der Waals surface area (Å²) in [4.78, 5) is 13.5. The Morgan fingerprint density at radius 1 is 1.10 bits per heavy atom. The summed E-state index contributed by atoms with van der Waals surface area (Å²) in [6, 6.07) is 15.2. The molecule has 0 radical (unpaired) electrons. The van der Waals surface area contributed by atoms with Crippen LogP contribution in [0, 0.1) is 5.82 Å². The van der Waals surface area contributed by atoms with Crippen molar-refractivity contribution in [3.63, 3.8) is 0 Å². The van der Waals surface area contributed by atoms with E-state index in [0.717, 1.165) is 10.1 Å². The molecule has 2 aromatic carbocycles. The molecule has 0 fully saturated rings. The fourth-order valence-electron chi connectivity index (χ4n) is 3.27. The predicted molar refractivity (Wildman–Crippen MR) is 119 cm³/mol. The molecule has 1 amide bonds. The van der Waals surface area contributed by atoms with Crippen LogP contribution in [0.5, 0.6) is 0 Å². The van der Waals surface area contributed by atoms with Gasteiger partial charge >= 0.3 is 7.60 Å². The van der Waals surface area contributed by atoms with E-state index in [-0.39, 0.29) is 31.1 Å². The standard InChI is InChI=1S/C22H25FNO4PS/c1-3-27-29(26,28-4-2)15-19(13-16-8-7-10-18(23)12-16)24-22(25)21-14-17-9-5-6-11-20(17)30-21/h5-12,14,19H,3-4,13,15H2,1-2H3,(H,24,25)/t19-/m1/s1. The van der Waals surface area contributed by atoms with Crippen molar-refractivity contribution in [2.24, 2.45) is 0 Å². The number of hydrogen-bond donors (Lipinski definition) is 1. The fourth-order valence-corrected chi connectivity index (χ4v) is 6.06. The summed E-state index contributed by atoms with van der Waals surface area (Å²) < 4.78 is 38.6. The van der Waals surface area contributed by atoms with E-state index in [1.165, 1.54) is 23.5 Å². The van der Waals surface area contributed by atoms with E-state index in [9.17, 15) is 13.8 Å². The number of carbonyl (C=O) groups is 1. The van der Waals surface area contributed by atoms with Crippen LogP contribution in [-0.4, -0.2) is 31.3 Å². The first-order valence-electron chi connectivity index (χ1n) is 9.84. The van der Waals surface area contributed by atoms with Gasteiger partial charge in [-0.25, -0.2) is 4.39 Å². The van der Waals surface area contributed by atoms with Crippen LogP contribution < -0.4 is 5.32 Å². The molecule has 3 aromatic rings. The van der Waals surface area contributed by atoms with E-state index >= 15 is 0 Å². The monoisotopic (exact) mass is 449 g/mol. The molecule has 8 heteroatoms. The first-order valence-corrected chi connectivity index (χ1v) is 12.4. The molecule has 1 aromatic heterocycles. The highest BCUT2D eigenvalue weighted by Crippen LogP contribution is 2.48. The number of benzene rings is 2. The van der Waals surface area contributed by atoms with Gasteiger partial charge in [0.2, 0.25) is 0 Å². The first kappa shape index (κ1) is 22.6. The molecule has 0 saturated heterocycles. The van der Waals surface area contributed by atoms with E-state index in [2.05, 4.69) is 5.32 Å². The lowest BCUT2D eigenvalue weighted by atomic mass is 10.1. The Hall–Kier alpha value is -2.05. The fraction of sp³-hybridized carbons (Fsp3) is 0.318. The molecule has 0 spiro atoms. The highest BCUT2D eigenvalue weighted by molar-refractivity contribution is 7.53. The SMILES string of the molecule is CCOP(=O)(C[C@@H](Cc1cccc(F)c1)NC(=O)c1cc2ccccc2s1)OCC. The minimum Gasteiger partial charge on any atom is -0.348 e. The number of nitrogens with one attached hydrogen (secondary N) is 1. The van der Waals surface area contributed by atoms with Crippen LogP contribution in [0.15, 0.2) is 54.6 Å². The topological polar surface area (TPSA) is 64.6 Å². The molecule has 1 heterocycles. The van der Waals surface area contributed by atoms with E-state index in [4.69, 9.17) is 9.05 Å². The largest absolute Gasteiger partial charge is 0.348 e. The van der Waals surface area contributed by atoms with Crippen LogP contribution in [-0.2, 0) is 20.0 Å². The van der Waals surface area contributed by atoms with Crippen LogP contribution in [0.3, 0.4) is 0 Å². The maximum atomic E-state index is 13.7. The summed E-state index contributed by atoms with van der Waals surface area (Å²) in [5, 5.41) is 3.94. The van der Waals surface area contributed by atoms with E-state index < -0.39 is 13.6 Å². The Labute approximate surface area is 179 Å². The van der Waals surface area contributed by atoms with Crippen molar-refractivity contribution in [3.8, 4) is 0 Å². The smallest absolute Gasteiger partial charge is 0.332 e. The molecule has 160 valence electrons. The summed E-state index contributed by atoms with van der Waals surface area (Å²) >= 11 is 1.39. The molecule has 0 aliphatic heterocycles. The van der Waals surface area contributed by atoms with Gasteiger partial charge < -0.3 is 14.4 Å². The number of thiophene rings is 1. The van der Waals surface area contributed by atoms with Crippen molar-refractivity contribution in [3.05, 3.63) is 70.9 Å². The molecule has 0 aliphatic carbocycles. The van der Waals surface area contributed by atoms with Gasteiger partial charge in [-0.3, -0.25) is 9.36 Å². The van der Waals surface area contributed by atoms with Crippen molar-refractivity contribution >= 4 is 34.9 Å². The Bertz CT molecular complexity index is 1010. The van der Waals surface area contributed by atoms with Crippen LogP contribution in [0.25, 0.3) is 10.1 Å². The zero-order valence-electron chi connectivity index (χ0n) is 17.0. The minimum atomic E-state index is -3.41. The van der Waals surface area contributed by atoms with E-state index in [1.54, 1.807) is 26.0 Å². The Morgan fingerprint density at radius 3 is 2.50 bits per heavy atom. The van der Waals surface area contributed by atoms with Crippen molar-refractivity contribution < 1.29 is 22.8 Å². The normalized spacial score (nSPS) is 12.8. The van der Waals surface area contributed by atoms with Gasteiger partial charge in [0.25, 0.3) is 5.91 Å². The second kappa shape index (κ2) is 10.3. The van der Waals surface area contributed by atoms with Crippen LogP contribution in [0.1, 0.15) is 29.1 Å². The average Bonchev–Trinajstić information content (AvgIpc) is 3.12. The zero-order valence-corrected chi connectivity index (χ0v) is 18.7. The van der Waals surface area contributed by atoms with Gasteiger partial charge in [0.1, 0.15) is 5.82 Å². The van der Waals surface area contributed by atoms with Crippen molar-refractivity contribution in [1.82, 2.24) is 5.32 Å². The molecule has 0 bridgehead atoms. The molecule has 3 rings (SSSR count). The van der Waals surface area contributed by atoms with E-state index in [0.29, 0.717) is 16.9 Å². The summed E-state index contributed by atoms with van der Waals surface area (Å²) in [6.45, 7) is 3.94. The Kier molecular flexibility index (Phi) is 7.78. The number of carbonyl (C=O) groups excluding carboxylic acids is 1. The lowest BCUT2D eigenvalue weighted by molar-refractivity contribution is 0.0943. The summed E-state index contributed by atoms with van der Waals surface area (Å²) in [7, 11) is -3.41. The lowest BCUT2D eigenvalue weighted by Crippen LogP contribution is -2.39. The van der Waals surface area contributed by atoms with Gasteiger partial charge in [-0.05, 0) is 55.5 Å². The minimum absolute atomic E-state index is 0.00181. The number of halogens is 1. The quantitative estimate of drug-likeness (QED) is 0.407. The number of fused-ring (bicyclic) bond motifs is 1. The molecule has 0 aliphatic rings. The van der Waals surface area contributed by atoms with Gasteiger partial charge in [0.15, 0.2) is 0 Å². The molecular weight excluding hydrogens is 424 g/mol. The lowest BCUT2D eigenvalue weighted by Gasteiger charge is -2.24. The van der Waals surface area contributed by atoms with Crippen molar-refractivity contribution in [2.75, 3.05) is 19.4 Å². The van der Waals surface area contributed by atoms with Crippen molar-refractivity contribution in [2.45, 2.75) is 26.3 Å². The van der Waals surface area contributed by atoms with Crippen LogP contribution in [0.2, 0.25) is 0 Å². The zero-order chi connectivity index (χ0) is 21.6. The maximum Gasteiger partial charge on any atom is 0.332 e. The highest BCUT2D eigenvalue weighted by Gasteiger charge is 2.30. The molecule has 0 unspecified atom stereocenters. The first-order chi connectivity index (χ1) is 14.4. The predicted octanol–water partition coefficient (Wildman–Crippen LogP) is 5.65. The summed E-state index contributed by atoms with van der Waals surface area (Å²) in [5.41, 5.74) is 0.691. The molecule has 1 atom stereocenters. The van der Waals surface area contributed by atoms with Crippen molar-refractivity contribution in [1.29, 1.82) is 0 Å². The van der Waals surface area contributed by atoms with Crippen LogP contribution >= 0.6 is 18.9 Å². The number of rotatable bonds is 10. The maximum absolute atomic E-state index is 13.7. The number of amides is 1. The van der Waals surface area contributed by atoms with Crippen LogP contribution in [0.4, 0.5) is 4.39 Å². The third kappa shape index (κ3) is 5.99. The second-order valence-corrected chi connectivity index (χ2v) is 9.97. The number of hydrogen-bond acceptors (Lipinski definition) is 5. The molecule has 30 heavy (non-hydrogen) atoms. The molecule has 0 saturated carbocycles. The van der Waals surface area contributed by atoms with Gasteiger partial charge in [-0.1, -0.05) is 30.3 Å². The van der Waals surface area contributed by atoms with Gasteiger partial charge in [0, 0.05) is 10.7 Å². The second-order valence-electron chi connectivity index (χ2n) is 6.78. The Morgan fingerprint density at radius 2 is 1.83 bits per heavy atom. The molecule has 5 nitrogen and oxygen atoms in total. The molecule has 1 N–H and O–H groups in total. The summed E-state index contributed by atoms with van der Waals surface area (Å²) in [5.74, 6) is -0.628. The van der Waals surface area contributed by atoms with Gasteiger partial charge in [-0.2, -0.15) is 0 Å². The van der Waals surface area contributed by atoms with Gasteiger partial charge in [-0.15, -0.1) is 11.3 Å². The Balaban J connectivity index is 1.83. The summed E-state index contributed by atoms with van der Waals surface area (Å²) in [6.07, 6.45) is 0.306. The van der Waals surface area contributed by atoms with Gasteiger partial charge in [0.05, 0.1) is 24.3 Å². The average molecular weight is 449 g/mol.